The van der Waals surface area contributed by atoms with E-state index in [2.05, 4.69) is 5.32 Å². The molecule has 2 N–H and O–H groups in total. The number of carboxylic acid groups (broad SMARTS) is 1. The molecule has 0 aromatic heterocycles. The Hall–Kier alpha value is -1.46. The van der Waals surface area contributed by atoms with Crippen molar-refractivity contribution in [2.45, 2.75) is 6.42 Å². The summed E-state index contributed by atoms with van der Waals surface area (Å²) in [6, 6.07) is 2.78. The van der Waals surface area contributed by atoms with Crippen molar-refractivity contribution in [3.05, 3.63) is 22.7 Å². The van der Waals surface area contributed by atoms with E-state index < -0.39 is 5.97 Å². The molecule has 1 saturated heterocycles. The lowest BCUT2D eigenvalue weighted by molar-refractivity contribution is 0.0696. The highest BCUT2D eigenvalue weighted by Gasteiger charge is 2.19. The molecule has 0 bridgehead atoms. The Morgan fingerprint density at radius 1 is 1.58 bits per heavy atom. The number of rotatable bonds is 5. The molecule has 1 aromatic rings. The van der Waals surface area contributed by atoms with Gasteiger partial charge in [0.05, 0.1) is 24.3 Å². The molecule has 0 amide bonds. The lowest BCUT2D eigenvalue weighted by Gasteiger charge is -2.15. The summed E-state index contributed by atoms with van der Waals surface area (Å²) < 4.78 is 10.8. The van der Waals surface area contributed by atoms with E-state index in [1.165, 1.54) is 19.2 Å². The molecule has 0 aliphatic carbocycles. The first-order chi connectivity index (χ1) is 9.11. The predicted octanol–water partition coefficient (Wildman–Crippen LogP) is 2.04. The molecule has 0 radical (unpaired) electrons. The van der Waals surface area contributed by atoms with Gasteiger partial charge in [-0.3, -0.25) is 0 Å². The van der Waals surface area contributed by atoms with Crippen LogP contribution in [0.4, 0.5) is 0 Å². The SMILES string of the molecule is COc1cc(C(=O)O)cc(Cl)c1OCC1CCNC1. The number of methoxy groups -OCH3 is 1. The van der Waals surface area contributed by atoms with Crippen LogP contribution in [-0.4, -0.2) is 37.9 Å². The predicted molar refractivity (Wildman–Crippen MR) is 71.4 cm³/mol. The zero-order chi connectivity index (χ0) is 13.8. The molecule has 2 rings (SSSR count). The van der Waals surface area contributed by atoms with E-state index in [1.807, 2.05) is 0 Å². The summed E-state index contributed by atoms with van der Waals surface area (Å²) in [5.41, 5.74) is 0.0803. The average Bonchev–Trinajstić information content (AvgIpc) is 2.89. The van der Waals surface area contributed by atoms with Crippen molar-refractivity contribution >= 4 is 17.6 Å². The van der Waals surface area contributed by atoms with Gasteiger partial charge in [-0.15, -0.1) is 0 Å². The van der Waals surface area contributed by atoms with E-state index in [0.29, 0.717) is 24.0 Å². The van der Waals surface area contributed by atoms with Gasteiger partial charge in [-0.2, -0.15) is 0 Å². The van der Waals surface area contributed by atoms with Gasteiger partial charge in [0.2, 0.25) is 0 Å². The maximum Gasteiger partial charge on any atom is 0.335 e. The molecule has 104 valence electrons. The molecule has 1 aromatic carbocycles. The fourth-order valence-electron chi connectivity index (χ4n) is 2.04. The molecule has 1 aliphatic heterocycles. The number of carboxylic acids is 1. The van der Waals surface area contributed by atoms with Crippen molar-refractivity contribution in [2.75, 3.05) is 26.8 Å². The van der Waals surface area contributed by atoms with Gasteiger partial charge in [0.25, 0.3) is 0 Å². The Kier molecular flexibility index (Phi) is 4.50. The summed E-state index contributed by atoms with van der Waals surface area (Å²) in [6.45, 7) is 2.46. The van der Waals surface area contributed by atoms with E-state index in [1.54, 1.807) is 0 Å². The van der Waals surface area contributed by atoms with Crippen LogP contribution in [0.1, 0.15) is 16.8 Å². The Bertz CT molecular complexity index is 472. The first kappa shape index (κ1) is 14.0. The van der Waals surface area contributed by atoms with E-state index in [0.717, 1.165) is 19.5 Å². The van der Waals surface area contributed by atoms with Crippen molar-refractivity contribution in [1.82, 2.24) is 5.32 Å². The Labute approximate surface area is 116 Å². The molecule has 1 unspecified atom stereocenters. The number of halogens is 1. The van der Waals surface area contributed by atoms with Crippen LogP contribution in [0.15, 0.2) is 12.1 Å². The van der Waals surface area contributed by atoms with Crippen LogP contribution in [0.2, 0.25) is 5.02 Å². The van der Waals surface area contributed by atoms with Crippen LogP contribution >= 0.6 is 11.6 Å². The highest BCUT2D eigenvalue weighted by molar-refractivity contribution is 6.32. The number of carbonyl (C=O) groups is 1. The van der Waals surface area contributed by atoms with Gasteiger partial charge in [-0.1, -0.05) is 11.6 Å². The molecular weight excluding hydrogens is 270 g/mol. The van der Waals surface area contributed by atoms with Crippen molar-refractivity contribution in [2.24, 2.45) is 5.92 Å². The Balaban J connectivity index is 2.16. The monoisotopic (exact) mass is 285 g/mol. The normalized spacial score (nSPS) is 18.3. The maximum absolute atomic E-state index is 10.9. The van der Waals surface area contributed by atoms with Gasteiger partial charge in [0, 0.05) is 12.5 Å². The first-order valence-corrected chi connectivity index (χ1v) is 6.44. The third kappa shape index (κ3) is 3.30. The molecule has 19 heavy (non-hydrogen) atoms. The van der Waals surface area contributed by atoms with Crippen LogP contribution in [0.3, 0.4) is 0 Å². The second-order valence-corrected chi connectivity index (χ2v) is 4.87. The smallest absolute Gasteiger partial charge is 0.335 e. The molecular formula is C13H16ClNO4. The van der Waals surface area contributed by atoms with Gasteiger partial charge in [0.15, 0.2) is 11.5 Å². The van der Waals surface area contributed by atoms with Crippen molar-refractivity contribution in [3.8, 4) is 11.5 Å². The third-order valence-electron chi connectivity index (χ3n) is 3.10. The van der Waals surface area contributed by atoms with Gasteiger partial charge >= 0.3 is 5.97 Å². The minimum atomic E-state index is -1.05. The standard InChI is InChI=1S/C13H16ClNO4/c1-18-11-5-9(13(16)17)4-10(14)12(11)19-7-8-2-3-15-6-8/h4-5,8,15H,2-3,6-7H2,1H3,(H,16,17). The Morgan fingerprint density at radius 3 is 2.95 bits per heavy atom. The second-order valence-electron chi connectivity index (χ2n) is 4.46. The summed E-state index contributed by atoms with van der Waals surface area (Å²) in [7, 11) is 1.46. The molecule has 5 nitrogen and oxygen atoms in total. The zero-order valence-corrected chi connectivity index (χ0v) is 11.4. The number of aromatic carboxylic acids is 1. The van der Waals surface area contributed by atoms with Gasteiger partial charge in [0.1, 0.15) is 0 Å². The van der Waals surface area contributed by atoms with E-state index >= 15 is 0 Å². The Morgan fingerprint density at radius 2 is 2.37 bits per heavy atom. The van der Waals surface area contributed by atoms with Crippen LogP contribution in [0.5, 0.6) is 11.5 Å². The second kappa shape index (κ2) is 6.12. The summed E-state index contributed by atoms with van der Waals surface area (Å²) in [5.74, 6) is 0.142. The number of ether oxygens (including phenoxy) is 2. The van der Waals surface area contributed by atoms with Crippen LogP contribution in [0, 0.1) is 5.92 Å². The lowest BCUT2D eigenvalue weighted by Crippen LogP contribution is -2.16. The minimum Gasteiger partial charge on any atom is -0.493 e. The van der Waals surface area contributed by atoms with E-state index in [9.17, 15) is 4.79 Å². The van der Waals surface area contributed by atoms with Crippen molar-refractivity contribution in [3.63, 3.8) is 0 Å². The van der Waals surface area contributed by atoms with Crippen molar-refractivity contribution < 1.29 is 19.4 Å². The molecule has 1 fully saturated rings. The van der Waals surface area contributed by atoms with Crippen LogP contribution in [-0.2, 0) is 0 Å². The van der Waals surface area contributed by atoms with Gasteiger partial charge < -0.3 is 19.9 Å². The van der Waals surface area contributed by atoms with E-state index in [4.69, 9.17) is 26.2 Å². The fraction of sp³-hybridized carbons (Fsp3) is 0.462. The quantitative estimate of drug-likeness (QED) is 0.866. The summed E-state index contributed by atoms with van der Waals surface area (Å²) in [4.78, 5) is 10.9. The topological polar surface area (TPSA) is 67.8 Å². The molecule has 1 aliphatic rings. The van der Waals surface area contributed by atoms with Gasteiger partial charge in [-0.25, -0.2) is 4.79 Å². The lowest BCUT2D eigenvalue weighted by atomic mass is 10.1. The largest absolute Gasteiger partial charge is 0.493 e. The number of hydrogen-bond donors (Lipinski definition) is 2. The molecule has 1 atom stereocenters. The fourth-order valence-corrected chi connectivity index (χ4v) is 2.31. The third-order valence-corrected chi connectivity index (χ3v) is 3.38. The molecule has 1 heterocycles. The number of benzene rings is 1. The van der Waals surface area contributed by atoms with Crippen LogP contribution < -0.4 is 14.8 Å². The van der Waals surface area contributed by atoms with Crippen LogP contribution in [0.25, 0.3) is 0 Å². The average molecular weight is 286 g/mol. The summed E-state index contributed by atoms with van der Waals surface area (Å²) in [6.07, 6.45) is 1.06. The number of nitrogens with one attached hydrogen (secondary N) is 1. The summed E-state index contributed by atoms with van der Waals surface area (Å²) >= 11 is 6.06. The first-order valence-electron chi connectivity index (χ1n) is 6.06. The molecule has 6 heteroatoms. The zero-order valence-electron chi connectivity index (χ0n) is 10.6. The highest BCUT2D eigenvalue weighted by atomic mass is 35.5. The highest BCUT2D eigenvalue weighted by Crippen LogP contribution is 2.36. The van der Waals surface area contributed by atoms with Gasteiger partial charge in [-0.05, 0) is 25.1 Å². The number of hydrogen-bond acceptors (Lipinski definition) is 4. The van der Waals surface area contributed by atoms with E-state index in [-0.39, 0.29) is 10.6 Å². The molecule has 0 saturated carbocycles. The molecule has 0 spiro atoms. The summed E-state index contributed by atoms with van der Waals surface area (Å²) in [5, 5.41) is 12.5. The minimum absolute atomic E-state index is 0.0803. The van der Waals surface area contributed by atoms with Crippen molar-refractivity contribution in [1.29, 1.82) is 0 Å². The maximum atomic E-state index is 10.9.